The van der Waals surface area contributed by atoms with E-state index in [1.807, 2.05) is 42.3 Å². The monoisotopic (exact) mass is 312 g/mol. The fourth-order valence-electron chi connectivity index (χ4n) is 3.00. The van der Waals surface area contributed by atoms with Crippen LogP contribution >= 0.6 is 0 Å². The summed E-state index contributed by atoms with van der Waals surface area (Å²) in [6, 6.07) is 8.12. The average molecular weight is 312 g/mol. The molecule has 3 rings (SSSR count). The Morgan fingerprint density at radius 1 is 1.09 bits per heavy atom. The summed E-state index contributed by atoms with van der Waals surface area (Å²) in [4.78, 5) is 25.9. The molecule has 1 aromatic rings. The van der Waals surface area contributed by atoms with Crippen LogP contribution in [0.25, 0.3) is 6.08 Å². The summed E-state index contributed by atoms with van der Waals surface area (Å²) in [6.45, 7) is 0. The molecule has 0 aromatic heterocycles. The number of hydrogen-bond donors (Lipinski definition) is 1. The number of likely N-dealkylation sites (N-methyl/N-ethyl adjacent to an activating group) is 1. The predicted molar refractivity (Wildman–Crippen MR) is 91.0 cm³/mol. The van der Waals surface area contributed by atoms with E-state index in [2.05, 4.69) is 5.32 Å². The number of carbonyl (C=O) groups excluding carboxylic acids is 2. The average Bonchev–Trinajstić information content (AvgIpc) is 3.21. The van der Waals surface area contributed by atoms with Crippen LogP contribution in [-0.4, -0.2) is 35.8 Å². The quantitative estimate of drug-likeness (QED) is 0.850. The van der Waals surface area contributed by atoms with Gasteiger partial charge in [0.15, 0.2) is 0 Å². The van der Waals surface area contributed by atoms with Crippen LogP contribution < -0.4 is 5.32 Å². The third-order valence-corrected chi connectivity index (χ3v) is 4.72. The molecule has 2 aliphatic carbocycles. The smallest absolute Gasteiger partial charge is 0.251 e. The highest BCUT2D eigenvalue weighted by atomic mass is 16.2. The van der Waals surface area contributed by atoms with Gasteiger partial charge in [0.25, 0.3) is 5.91 Å². The summed E-state index contributed by atoms with van der Waals surface area (Å²) in [6.07, 6.45) is 10.3. The molecule has 2 fully saturated rings. The standard InChI is InChI=1S/C19H24N2O2/c1-21(17-4-2-3-5-17)18(22)13-8-14-6-9-15(10-7-14)19(23)20-16-11-12-16/h6-10,13,16-17H,2-5,11-12H2,1H3,(H,20,23)/b13-8-. The summed E-state index contributed by atoms with van der Waals surface area (Å²) in [5, 5.41) is 2.97. The fourth-order valence-corrected chi connectivity index (χ4v) is 3.00. The Hall–Kier alpha value is -2.10. The molecule has 4 nitrogen and oxygen atoms in total. The number of rotatable bonds is 5. The second-order valence-electron chi connectivity index (χ2n) is 6.59. The zero-order valence-corrected chi connectivity index (χ0v) is 13.6. The van der Waals surface area contributed by atoms with Gasteiger partial charge in [-0.3, -0.25) is 9.59 Å². The van der Waals surface area contributed by atoms with Crippen molar-refractivity contribution in [1.82, 2.24) is 10.2 Å². The van der Waals surface area contributed by atoms with Crippen LogP contribution in [0.4, 0.5) is 0 Å². The molecule has 0 heterocycles. The second-order valence-corrected chi connectivity index (χ2v) is 6.59. The highest BCUT2D eigenvalue weighted by Crippen LogP contribution is 2.22. The molecule has 1 aromatic carbocycles. The summed E-state index contributed by atoms with van der Waals surface area (Å²) in [5.41, 5.74) is 1.60. The van der Waals surface area contributed by atoms with Gasteiger partial charge in [0.1, 0.15) is 0 Å². The second kappa shape index (κ2) is 6.99. The largest absolute Gasteiger partial charge is 0.349 e. The lowest BCUT2D eigenvalue weighted by atomic mass is 10.1. The van der Waals surface area contributed by atoms with Crippen molar-refractivity contribution in [2.45, 2.75) is 50.6 Å². The van der Waals surface area contributed by atoms with Crippen LogP contribution in [0.15, 0.2) is 30.3 Å². The van der Waals surface area contributed by atoms with E-state index in [1.54, 1.807) is 6.08 Å². The Morgan fingerprint density at radius 2 is 1.74 bits per heavy atom. The van der Waals surface area contributed by atoms with Crippen molar-refractivity contribution >= 4 is 17.9 Å². The SMILES string of the molecule is CN(C(=O)/C=C\c1ccc(C(=O)NC2CC2)cc1)C1CCCC1. The number of amides is 2. The first-order valence-corrected chi connectivity index (χ1v) is 8.49. The molecular weight excluding hydrogens is 288 g/mol. The van der Waals surface area contributed by atoms with E-state index in [1.165, 1.54) is 12.8 Å². The summed E-state index contributed by atoms with van der Waals surface area (Å²) in [7, 11) is 1.88. The molecule has 2 aliphatic rings. The normalized spacial score (nSPS) is 18.3. The van der Waals surface area contributed by atoms with Crippen molar-refractivity contribution < 1.29 is 9.59 Å². The molecule has 1 N–H and O–H groups in total. The first kappa shape index (κ1) is 15.8. The van der Waals surface area contributed by atoms with Crippen molar-refractivity contribution in [3.05, 3.63) is 41.5 Å². The predicted octanol–water partition coefficient (Wildman–Crippen LogP) is 2.99. The minimum atomic E-state index is -0.0138. The number of nitrogens with zero attached hydrogens (tertiary/aromatic N) is 1. The van der Waals surface area contributed by atoms with Gasteiger partial charge < -0.3 is 10.2 Å². The van der Waals surface area contributed by atoms with E-state index in [0.717, 1.165) is 31.2 Å². The van der Waals surface area contributed by atoms with Crippen LogP contribution in [-0.2, 0) is 4.79 Å². The van der Waals surface area contributed by atoms with Gasteiger partial charge >= 0.3 is 0 Å². The van der Waals surface area contributed by atoms with Crippen LogP contribution in [0.3, 0.4) is 0 Å². The maximum Gasteiger partial charge on any atom is 0.251 e. The molecule has 0 spiro atoms. The zero-order valence-electron chi connectivity index (χ0n) is 13.6. The minimum Gasteiger partial charge on any atom is -0.349 e. The highest BCUT2D eigenvalue weighted by Gasteiger charge is 2.24. The van der Waals surface area contributed by atoms with Gasteiger partial charge in [-0.15, -0.1) is 0 Å². The number of benzene rings is 1. The third-order valence-electron chi connectivity index (χ3n) is 4.72. The van der Waals surface area contributed by atoms with Crippen LogP contribution in [0.1, 0.15) is 54.4 Å². The molecule has 0 unspecified atom stereocenters. The van der Waals surface area contributed by atoms with Crippen LogP contribution in [0.2, 0.25) is 0 Å². The molecule has 4 heteroatoms. The van der Waals surface area contributed by atoms with Gasteiger partial charge in [-0.2, -0.15) is 0 Å². The van der Waals surface area contributed by atoms with Gasteiger partial charge in [-0.25, -0.2) is 0 Å². The minimum absolute atomic E-state index is 0.0138. The fraction of sp³-hybridized carbons (Fsp3) is 0.474. The molecular formula is C19H24N2O2. The van der Waals surface area contributed by atoms with Gasteiger partial charge in [0, 0.05) is 30.8 Å². The Morgan fingerprint density at radius 3 is 2.35 bits per heavy atom. The van der Waals surface area contributed by atoms with Gasteiger partial charge in [-0.05, 0) is 49.5 Å². The maximum atomic E-state index is 12.2. The summed E-state index contributed by atoms with van der Waals surface area (Å²) in [5.74, 6) is 0.0347. The Labute approximate surface area is 137 Å². The molecule has 0 saturated heterocycles. The highest BCUT2D eigenvalue weighted by molar-refractivity contribution is 5.95. The Balaban J connectivity index is 1.56. The molecule has 122 valence electrons. The van der Waals surface area contributed by atoms with Crippen molar-refractivity contribution in [2.24, 2.45) is 0 Å². The molecule has 2 saturated carbocycles. The Bertz CT molecular complexity index is 596. The van der Waals surface area contributed by atoms with Gasteiger partial charge in [-0.1, -0.05) is 25.0 Å². The van der Waals surface area contributed by atoms with Crippen molar-refractivity contribution in [1.29, 1.82) is 0 Å². The summed E-state index contributed by atoms with van der Waals surface area (Å²) >= 11 is 0. The van der Waals surface area contributed by atoms with Gasteiger partial charge in [0.2, 0.25) is 5.91 Å². The van der Waals surface area contributed by atoms with E-state index >= 15 is 0 Å². The Kier molecular flexibility index (Phi) is 4.79. The van der Waals surface area contributed by atoms with E-state index in [4.69, 9.17) is 0 Å². The molecule has 0 bridgehead atoms. The van der Waals surface area contributed by atoms with Crippen LogP contribution in [0, 0.1) is 0 Å². The van der Waals surface area contributed by atoms with Crippen molar-refractivity contribution in [2.75, 3.05) is 7.05 Å². The van der Waals surface area contributed by atoms with Crippen molar-refractivity contribution in [3.63, 3.8) is 0 Å². The van der Waals surface area contributed by atoms with Gasteiger partial charge in [0.05, 0.1) is 0 Å². The van der Waals surface area contributed by atoms with Crippen molar-refractivity contribution in [3.8, 4) is 0 Å². The molecule has 0 radical (unpaired) electrons. The lowest BCUT2D eigenvalue weighted by Gasteiger charge is -2.22. The molecule has 0 atom stereocenters. The first-order valence-electron chi connectivity index (χ1n) is 8.49. The molecule has 23 heavy (non-hydrogen) atoms. The zero-order chi connectivity index (χ0) is 16.2. The van der Waals surface area contributed by atoms with Crippen LogP contribution in [0.5, 0.6) is 0 Å². The lowest BCUT2D eigenvalue weighted by molar-refractivity contribution is -0.126. The molecule has 0 aliphatic heterocycles. The number of hydrogen-bond acceptors (Lipinski definition) is 2. The first-order chi connectivity index (χ1) is 11.1. The summed E-state index contributed by atoms with van der Waals surface area (Å²) < 4.78 is 0. The topological polar surface area (TPSA) is 49.4 Å². The lowest BCUT2D eigenvalue weighted by Crippen LogP contribution is -2.33. The number of nitrogens with one attached hydrogen (secondary N) is 1. The number of carbonyl (C=O) groups is 2. The van der Waals surface area contributed by atoms with E-state index in [9.17, 15) is 9.59 Å². The maximum absolute atomic E-state index is 12.2. The third kappa shape index (κ3) is 4.21. The van der Waals surface area contributed by atoms with E-state index in [-0.39, 0.29) is 11.8 Å². The molecule has 2 amide bonds. The van der Waals surface area contributed by atoms with E-state index < -0.39 is 0 Å². The van der Waals surface area contributed by atoms with E-state index in [0.29, 0.717) is 17.6 Å².